The largest absolute Gasteiger partial charge is 0.267 e. The monoisotopic (exact) mass is 268 g/mol. The van der Waals surface area contributed by atoms with Gasteiger partial charge < -0.3 is 0 Å². The number of hydrogen-bond acceptors (Lipinski definition) is 4. The van der Waals surface area contributed by atoms with Gasteiger partial charge in [-0.15, -0.1) is 0 Å². The molecule has 0 aliphatic carbocycles. The zero-order valence-electron chi connectivity index (χ0n) is 11.5. The van der Waals surface area contributed by atoms with E-state index in [-0.39, 0.29) is 5.62 Å². The normalized spacial score (nSPS) is 11.1. The van der Waals surface area contributed by atoms with Crippen LogP contribution >= 0.6 is 0 Å². The maximum Gasteiger partial charge on any atom is 0.241 e. The van der Waals surface area contributed by atoms with Gasteiger partial charge in [0, 0.05) is 12.8 Å². The van der Waals surface area contributed by atoms with Crippen molar-refractivity contribution in [3.05, 3.63) is 47.6 Å². The predicted octanol–water partition coefficient (Wildman–Crippen LogP) is 1.52. The first-order valence-electron chi connectivity index (χ1n) is 6.72. The van der Waals surface area contributed by atoms with Crippen molar-refractivity contribution in [1.29, 1.82) is 5.41 Å². The Bertz CT molecular complexity index is 800. The first kappa shape index (κ1) is 12.5. The van der Waals surface area contributed by atoms with Gasteiger partial charge in [-0.1, -0.05) is 32.0 Å². The Labute approximate surface area is 116 Å². The topological polar surface area (TPSA) is 71.9 Å². The van der Waals surface area contributed by atoms with Gasteiger partial charge in [0.1, 0.15) is 11.6 Å². The SMILES string of the molecule is CCc1nc(=N)n2c(CC)nn(-c3ccccc3)c2n1. The summed E-state index contributed by atoms with van der Waals surface area (Å²) >= 11 is 0. The molecule has 2 aromatic heterocycles. The zero-order valence-corrected chi connectivity index (χ0v) is 11.5. The molecule has 2 heterocycles. The van der Waals surface area contributed by atoms with Crippen LogP contribution in [0.3, 0.4) is 0 Å². The molecular weight excluding hydrogens is 252 g/mol. The van der Waals surface area contributed by atoms with Crippen LogP contribution in [0, 0.1) is 5.41 Å². The van der Waals surface area contributed by atoms with Crippen LogP contribution in [0.2, 0.25) is 0 Å². The highest BCUT2D eigenvalue weighted by Crippen LogP contribution is 2.11. The molecule has 0 saturated heterocycles. The van der Waals surface area contributed by atoms with Crippen LogP contribution in [0.15, 0.2) is 30.3 Å². The summed E-state index contributed by atoms with van der Waals surface area (Å²) in [4.78, 5) is 8.73. The van der Waals surface area contributed by atoms with Crippen LogP contribution in [0.1, 0.15) is 25.5 Å². The third-order valence-corrected chi connectivity index (χ3v) is 3.17. The van der Waals surface area contributed by atoms with Crippen molar-refractivity contribution in [2.24, 2.45) is 0 Å². The minimum absolute atomic E-state index is 0.186. The lowest BCUT2D eigenvalue weighted by atomic mass is 10.3. The summed E-state index contributed by atoms with van der Waals surface area (Å²) in [6.45, 7) is 3.99. The molecule has 102 valence electrons. The third kappa shape index (κ3) is 1.89. The van der Waals surface area contributed by atoms with Crippen LogP contribution < -0.4 is 5.62 Å². The Morgan fingerprint density at radius 2 is 1.80 bits per heavy atom. The number of benzene rings is 1. The van der Waals surface area contributed by atoms with Gasteiger partial charge in [-0.05, 0) is 12.1 Å². The van der Waals surface area contributed by atoms with Crippen LogP contribution in [-0.4, -0.2) is 24.1 Å². The molecule has 3 aromatic rings. The second-order valence-electron chi connectivity index (χ2n) is 4.47. The van der Waals surface area contributed by atoms with E-state index in [0.29, 0.717) is 18.0 Å². The summed E-state index contributed by atoms with van der Waals surface area (Å²) in [5.41, 5.74) is 1.12. The quantitative estimate of drug-likeness (QED) is 0.782. The Morgan fingerprint density at radius 1 is 1.05 bits per heavy atom. The number of para-hydroxylation sites is 1. The molecule has 0 amide bonds. The van der Waals surface area contributed by atoms with Crippen LogP contribution in [-0.2, 0) is 12.8 Å². The van der Waals surface area contributed by atoms with E-state index in [9.17, 15) is 0 Å². The van der Waals surface area contributed by atoms with E-state index in [4.69, 9.17) is 5.41 Å². The van der Waals surface area contributed by atoms with E-state index in [2.05, 4.69) is 15.1 Å². The molecule has 1 aromatic carbocycles. The average Bonchev–Trinajstić information content (AvgIpc) is 2.87. The number of rotatable bonds is 3. The van der Waals surface area contributed by atoms with Gasteiger partial charge in [0.15, 0.2) is 0 Å². The van der Waals surface area contributed by atoms with E-state index < -0.39 is 0 Å². The smallest absolute Gasteiger partial charge is 0.241 e. The summed E-state index contributed by atoms with van der Waals surface area (Å²) in [6, 6.07) is 9.84. The van der Waals surface area contributed by atoms with E-state index in [1.54, 1.807) is 9.08 Å². The number of hydrogen-bond donors (Lipinski definition) is 1. The highest BCUT2D eigenvalue weighted by molar-refractivity contribution is 5.42. The molecule has 1 N–H and O–H groups in total. The molecule has 0 radical (unpaired) electrons. The number of fused-ring (bicyclic) bond motifs is 1. The molecule has 0 fully saturated rings. The first-order valence-corrected chi connectivity index (χ1v) is 6.72. The minimum atomic E-state index is 0.186. The van der Waals surface area contributed by atoms with Crippen LogP contribution in [0.4, 0.5) is 0 Å². The summed E-state index contributed by atoms with van der Waals surface area (Å²) in [6.07, 6.45) is 1.42. The highest BCUT2D eigenvalue weighted by Gasteiger charge is 2.13. The van der Waals surface area contributed by atoms with Crippen molar-refractivity contribution in [3.8, 4) is 5.69 Å². The van der Waals surface area contributed by atoms with Crippen LogP contribution in [0.5, 0.6) is 0 Å². The standard InChI is InChI=1S/C14H16N6/c1-3-11-16-13(15)19-12(4-2)18-20(14(19)17-11)10-8-6-5-7-9-10/h5-9,15H,3-4H2,1-2H3. The molecular formula is C14H16N6. The maximum absolute atomic E-state index is 8.09. The lowest BCUT2D eigenvalue weighted by Crippen LogP contribution is -2.22. The third-order valence-electron chi connectivity index (χ3n) is 3.17. The molecule has 3 rings (SSSR count). The first-order chi connectivity index (χ1) is 9.74. The Morgan fingerprint density at radius 3 is 2.45 bits per heavy atom. The molecule has 0 unspecified atom stereocenters. The lowest BCUT2D eigenvalue weighted by Gasteiger charge is -2.02. The molecule has 0 saturated carbocycles. The fraction of sp³-hybridized carbons (Fsp3) is 0.286. The number of nitrogens with zero attached hydrogens (tertiary/aromatic N) is 5. The van der Waals surface area contributed by atoms with Gasteiger partial charge in [-0.25, -0.2) is 4.40 Å². The Kier molecular flexibility index (Phi) is 3.06. The minimum Gasteiger partial charge on any atom is -0.267 e. The van der Waals surface area contributed by atoms with E-state index in [0.717, 1.165) is 17.9 Å². The van der Waals surface area contributed by atoms with Gasteiger partial charge in [-0.2, -0.15) is 19.7 Å². The van der Waals surface area contributed by atoms with Crippen molar-refractivity contribution in [2.45, 2.75) is 26.7 Å². The summed E-state index contributed by atoms with van der Waals surface area (Å²) < 4.78 is 3.48. The highest BCUT2D eigenvalue weighted by atomic mass is 15.4. The lowest BCUT2D eigenvalue weighted by molar-refractivity contribution is 0.781. The van der Waals surface area contributed by atoms with Crippen LogP contribution in [0.25, 0.3) is 11.5 Å². The fourth-order valence-corrected chi connectivity index (χ4v) is 2.17. The maximum atomic E-state index is 8.09. The van der Waals surface area contributed by atoms with E-state index >= 15 is 0 Å². The van der Waals surface area contributed by atoms with Gasteiger partial charge in [0.25, 0.3) is 0 Å². The number of aromatic nitrogens is 5. The van der Waals surface area contributed by atoms with Crippen molar-refractivity contribution in [3.63, 3.8) is 0 Å². The van der Waals surface area contributed by atoms with Crippen molar-refractivity contribution < 1.29 is 0 Å². The summed E-state index contributed by atoms with van der Waals surface area (Å²) in [7, 11) is 0. The second kappa shape index (κ2) is 4.88. The molecule has 6 heteroatoms. The second-order valence-corrected chi connectivity index (χ2v) is 4.47. The molecule has 0 aliphatic heterocycles. The average molecular weight is 268 g/mol. The van der Waals surface area contributed by atoms with Gasteiger partial charge in [0.2, 0.25) is 11.4 Å². The fourth-order valence-electron chi connectivity index (χ4n) is 2.17. The number of nitrogens with one attached hydrogen (secondary N) is 1. The van der Waals surface area contributed by atoms with E-state index in [1.807, 2.05) is 44.2 Å². The number of aryl methyl sites for hydroxylation is 2. The van der Waals surface area contributed by atoms with Crippen molar-refractivity contribution in [2.75, 3.05) is 0 Å². The van der Waals surface area contributed by atoms with Gasteiger partial charge in [0.05, 0.1) is 5.69 Å². The molecule has 0 aliphatic rings. The summed E-state index contributed by atoms with van der Waals surface area (Å²) in [5.74, 6) is 2.09. The summed E-state index contributed by atoms with van der Waals surface area (Å²) in [5, 5.41) is 12.7. The Hall–Kier alpha value is -2.50. The molecule has 0 spiro atoms. The zero-order chi connectivity index (χ0) is 14.1. The molecule has 20 heavy (non-hydrogen) atoms. The van der Waals surface area contributed by atoms with Gasteiger partial charge in [-0.3, -0.25) is 5.41 Å². The molecule has 0 atom stereocenters. The molecule has 0 bridgehead atoms. The molecule has 6 nitrogen and oxygen atoms in total. The van der Waals surface area contributed by atoms with E-state index in [1.165, 1.54) is 0 Å². The van der Waals surface area contributed by atoms with Crippen molar-refractivity contribution in [1.82, 2.24) is 24.1 Å². The predicted molar refractivity (Wildman–Crippen MR) is 74.7 cm³/mol. The Balaban J connectivity index is 2.38. The van der Waals surface area contributed by atoms with Gasteiger partial charge >= 0.3 is 0 Å². The van der Waals surface area contributed by atoms with Crippen molar-refractivity contribution >= 4 is 5.78 Å².